The molecular formula is C22H20N2O3. The Morgan fingerprint density at radius 3 is 2.74 bits per heavy atom. The number of carbonyl (C=O) groups excluding carboxylic acids is 2. The van der Waals surface area contributed by atoms with E-state index >= 15 is 0 Å². The van der Waals surface area contributed by atoms with Gasteiger partial charge in [-0.1, -0.05) is 24.3 Å². The molecule has 4 rings (SSSR count). The second-order valence-electron chi connectivity index (χ2n) is 6.91. The van der Waals surface area contributed by atoms with Crippen LogP contribution in [0.25, 0.3) is 17.0 Å². The maximum Gasteiger partial charge on any atom is 0.287 e. The van der Waals surface area contributed by atoms with Crippen LogP contribution in [0.5, 0.6) is 0 Å². The molecule has 1 N–H and O–H groups in total. The number of amides is 2. The first-order valence-electron chi connectivity index (χ1n) is 9.00. The average Bonchev–Trinajstić information content (AvgIpc) is 3.08. The summed E-state index contributed by atoms with van der Waals surface area (Å²) in [7, 11) is 0. The molecule has 2 aromatic carbocycles. The Kier molecular flexibility index (Phi) is 4.36. The van der Waals surface area contributed by atoms with Crippen molar-refractivity contribution in [2.24, 2.45) is 10.9 Å². The van der Waals surface area contributed by atoms with E-state index in [0.717, 1.165) is 21.5 Å². The summed E-state index contributed by atoms with van der Waals surface area (Å²) in [5.41, 5.74) is 2.97. The number of hydrogen-bond acceptors (Lipinski definition) is 3. The maximum atomic E-state index is 12.3. The summed E-state index contributed by atoms with van der Waals surface area (Å²) in [5.74, 6) is -0.492. The van der Waals surface area contributed by atoms with Crippen molar-refractivity contribution in [3.05, 3.63) is 69.9 Å². The lowest BCUT2D eigenvalue weighted by molar-refractivity contribution is -0.120. The summed E-state index contributed by atoms with van der Waals surface area (Å²) >= 11 is 0. The van der Waals surface area contributed by atoms with E-state index in [4.69, 9.17) is 4.42 Å². The molecule has 0 saturated heterocycles. The molecule has 0 fully saturated rings. The number of carbonyl (C=O) groups is 2. The number of hydrogen-bond donors (Lipinski definition) is 1. The molecule has 1 aliphatic rings. The van der Waals surface area contributed by atoms with Crippen LogP contribution in [0, 0.1) is 19.8 Å². The Balaban J connectivity index is 1.44. The first kappa shape index (κ1) is 17.2. The van der Waals surface area contributed by atoms with Crippen molar-refractivity contribution < 1.29 is 14.0 Å². The predicted octanol–water partition coefficient (Wildman–Crippen LogP) is 2.43. The fraction of sp³-hybridized carbons (Fsp3) is 0.227. The van der Waals surface area contributed by atoms with E-state index in [1.54, 1.807) is 6.07 Å². The number of aryl methyl sites for hydroxylation is 2. The molecule has 0 saturated carbocycles. The van der Waals surface area contributed by atoms with E-state index in [1.165, 1.54) is 5.56 Å². The molecule has 0 aliphatic carbocycles. The van der Waals surface area contributed by atoms with Gasteiger partial charge in [-0.3, -0.25) is 9.59 Å². The molecule has 1 aliphatic heterocycles. The zero-order valence-corrected chi connectivity index (χ0v) is 15.3. The van der Waals surface area contributed by atoms with Crippen LogP contribution in [0.3, 0.4) is 0 Å². The van der Waals surface area contributed by atoms with Crippen molar-refractivity contribution in [1.29, 1.82) is 0 Å². The van der Waals surface area contributed by atoms with Gasteiger partial charge in [0, 0.05) is 11.9 Å². The quantitative estimate of drug-likeness (QED) is 0.777. The molecule has 5 nitrogen and oxygen atoms in total. The largest absolute Gasteiger partial charge is 0.451 e. The van der Waals surface area contributed by atoms with Gasteiger partial charge in [0.2, 0.25) is 0 Å². The number of nitrogens with one attached hydrogen (secondary N) is 1. The Morgan fingerprint density at radius 1 is 1.15 bits per heavy atom. The van der Waals surface area contributed by atoms with Crippen molar-refractivity contribution in [1.82, 2.24) is 5.32 Å². The predicted molar refractivity (Wildman–Crippen MR) is 103 cm³/mol. The van der Waals surface area contributed by atoms with Crippen molar-refractivity contribution in [3.63, 3.8) is 0 Å². The first-order valence-corrected chi connectivity index (χ1v) is 9.00. The highest BCUT2D eigenvalue weighted by molar-refractivity contribution is 5.96. The molecule has 5 heteroatoms. The molecule has 27 heavy (non-hydrogen) atoms. The normalized spacial score (nSPS) is 15.8. The molecule has 1 aromatic heterocycles. The van der Waals surface area contributed by atoms with Gasteiger partial charge < -0.3 is 9.73 Å². The van der Waals surface area contributed by atoms with Crippen molar-refractivity contribution >= 4 is 28.9 Å². The number of fused-ring (bicyclic) bond motifs is 2. The van der Waals surface area contributed by atoms with Crippen LogP contribution in [0.15, 0.2) is 51.9 Å². The lowest BCUT2D eigenvalue weighted by Gasteiger charge is -2.13. The van der Waals surface area contributed by atoms with Crippen molar-refractivity contribution in [3.8, 4) is 0 Å². The van der Waals surface area contributed by atoms with Gasteiger partial charge in [-0.2, -0.15) is 0 Å². The van der Waals surface area contributed by atoms with Gasteiger partial charge in [0.15, 0.2) is 5.76 Å². The van der Waals surface area contributed by atoms with Gasteiger partial charge in [-0.15, -0.1) is 0 Å². The fourth-order valence-electron chi connectivity index (χ4n) is 3.27. The van der Waals surface area contributed by atoms with E-state index in [2.05, 4.69) is 16.4 Å². The minimum Gasteiger partial charge on any atom is -0.451 e. The van der Waals surface area contributed by atoms with E-state index in [-0.39, 0.29) is 23.5 Å². The minimum atomic E-state index is -0.324. The van der Waals surface area contributed by atoms with Gasteiger partial charge in [0.25, 0.3) is 11.8 Å². The van der Waals surface area contributed by atoms with Crippen molar-refractivity contribution in [2.75, 3.05) is 6.54 Å². The van der Waals surface area contributed by atoms with Crippen LogP contribution < -0.4 is 15.9 Å². The Morgan fingerprint density at radius 2 is 1.93 bits per heavy atom. The number of furan rings is 1. The van der Waals surface area contributed by atoms with E-state index in [0.29, 0.717) is 18.5 Å². The molecule has 1 atom stereocenters. The molecular weight excluding hydrogens is 340 g/mol. The van der Waals surface area contributed by atoms with Crippen LogP contribution in [0.2, 0.25) is 0 Å². The number of nitrogens with zero attached hydrogens (tertiary/aromatic N) is 1. The second kappa shape index (κ2) is 6.83. The Bertz CT molecular complexity index is 1140. The second-order valence-corrected chi connectivity index (χ2v) is 6.91. The molecule has 0 bridgehead atoms. The summed E-state index contributed by atoms with van der Waals surface area (Å²) < 4.78 is 5.56. The van der Waals surface area contributed by atoms with Crippen LogP contribution in [0.1, 0.15) is 28.1 Å². The lowest BCUT2D eigenvalue weighted by Crippen LogP contribution is -2.35. The lowest BCUT2D eigenvalue weighted by atomic mass is 9.98. The van der Waals surface area contributed by atoms with Gasteiger partial charge in [-0.05, 0) is 60.9 Å². The molecule has 1 unspecified atom stereocenters. The van der Waals surface area contributed by atoms with E-state index in [9.17, 15) is 9.59 Å². The number of para-hydroxylation sites is 1. The summed E-state index contributed by atoms with van der Waals surface area (Å²) in [6, 6.07) is 13.2. The standard InChI is InChI=1S/C22H20N2O3/c1-13-9-17-11-16(21(25)24-18(17)10-14(13)2)7-8-23-22(26)20-12-15-5-3-4-6-19(15)27-20/h3-6,9-12,16H,7-8H2,1-2H3,(H,23,26). The average molecular weight is 360 g/mol. The SMILES string of the molecule is Cc1cc2c(cc1C)=NC(=O)C(CCNC(=O)c1cc3ccccc3o1)C=2. The van der Waals surface area contributed by atoms with Gasteiger partial charge in [-0.25, -0.2) is 4.99 Å². The van der Waals surface area contributed by atoms with Gasteiger partial charge >= 0.3 is 0 Å². The smallest absolute Gasteiger partial charge is 0.287 e. The zero-order chi connectivity index (χ0) is 19.0. The highest BCUT2D eigenvalue weighted by Gasteiger charge is 2.19. The molecule has 0 spiro atoms. The molecule has 2 amide bonds. The van der Waals surface area contributed by atoms with E-state index in [1.807, 2.05) is 50.3 Å². The minimum absolute atomic E-state index is 0.163. The van der Waals surface area contributed by atoms with Gasteiger partial charge in [0.05, 0.1) is 11.3 Å². The first-order chi connectivity index (χ1) is 13.0. The van der Waals surface area contributed by atoms with Crippen LogP contribution in [0.4, 0.5) is 0 Å². The highest BCUT2D eigenvalue weighted by Crippen LogP contribution is 2.18. The zero-order valence-electron chi connectivity index (χ0n) is 15.3. The molecule has 2 heterocycles. The molecule has 136 valence electrons. The molecule has 3 aromatic rings. The summed E-state index contributed by atoms with van der Waals surface area (Å²) in [6.45, 7) is 4.43. The topological polar surface area (TPSA) is 71.7 Å². The summed E-state index contributed by atoms with van der Waals surface area (Å²) in [4.78, 5) is 28.8. The highest BCUT2D eigenvalue weighted by atomic mass is 16.3. The number of rotatable bonds is 4. The third kappa shape index (κ3) is 3.40. The number of benzene rings is 2. The van der Waals surface area contributed by atoms with E-state index < -0.39 is 0 Å². The van der Waals surface area contributed by atoms with Crippen LogP contribution in [-0.2, 0) is 4.79 Å². The van der Waals surface area contributed by atoms with Crippen LogP contribution in [-0.4, -0.2) is 18.4 Å². The molecule has 0 radical (unpaired) electrons. The van der Waals surface area contributed by atoms with Crippen LogP contribution >= 0.6 is 0 Å². The summed E-state index contributed by atoms with van der Waals surface area (Å²) in [6.07, 6.45) is 2.45. The van der Waals surface area contributed by atoms with Gasteiger partial charge in [0.1, 0.15) is 5.58 Å². The Hall–Kier alpha value is -3.21. The monoisotopic (exact) mass is 360 g/mol. The summed E-state index contributed by atoms with van der Waals surface area (Å²) in [5, 5.41) is 5.42. The fourth-order valence-corrected chi connectivity index (χ4v) is 3.27. The third-order valence-electron chi connectivity index (χ3n) is 4.96. The van der Waals surface area contributed by atoms with Crippen molar-refractivity contribution in [2.45, 2.75) is 20.3 Å². The Labute approximate surface area is 156 Å². The maximum absolute atomic E-state index is 12.3. The third-order valence-corrected chi connectivity index (χ3v) is 4.96.